The lowest BCUT2D eigenvalue weighted by Gasteiger charge is -2.04. The fourth-order valence-electron chi connectivity index (χ4n) is 1.80. The predicted molar refractivity (Wildman–Crippen MR) is 70.4 cm³/mol. The monoisotopic (exact) mass is 250 g/mol. The topological polar surface area (TPSA) is 0 Å². The van der Waals surface area contributed by atoms with Crippen LogP contribution in [0.4, 0.5) is 0 Å². The highest BCUT2D eigenvalue weighted by Gasteiger charge is 2.00. The zero-order valence-electron chi connectivity index (χ0n) is 9.00. The molecule has 0 aliphatic carbocycles. The summed E-state index contributed by atoms with van der Waals surface area (Å²) in [5.74, 6) is 0. The minimum absolute atomic E-state index is 0.774. The van der Waals surface area contributed by atoms with E-state index in [2.05, 4.69) is 12.1 Å². The van der Waals surface area contributed by atoms with E-state index in [1.165, 1.54) is 16.7 Å². The molecule has 0 unspecified atom stereocenters. The molecule has 0 aliphatic rings. The highest BCUT2D eigenvalue weighted by Crippen LogP contribution is 2.19. The van der Waals surface area contributed by atoms with Gasteiger partial charge in [-0.2, -0.15) is 0 Å². The number of aryl methyl sites for hydroxylation is 1. The van der Waals surface area contributed by atoms with Crippen molar-refractivity contribution in [3.05, 3.63) is 69.2 Å². The zero-order chi connectivity index (χ0) is 11.5. The van der Waals surface area contributed by atoms with Gasteiger partial charge in [0.2, 0.25) is 0 Å². The molecular weight excluding hydrogens is 239 g/mol. The first-order chi connectivity index (χ1) is 7.63. The van der Waals surface area contributed by atoms with Crippen molar-refractivity contribution in [3.63, 3.8) is 0 Å². The van der Waals surface area contributed by atoms with Crippen molar-refractivity contribution in [2.75, 3.05) is 0 Å². The molecule has 0 amide bonds. The highest BCUT2D eigenvalue weighted by molar-refractivity contribution is 6.31. The third kappa shape index (κ3) is 3.01. The lowest BCUT2D eigenvalue weighted by molar-refractivity contribution is 1.18. The lowest BCUT2D eigenvalue weighted by atomic mass is 10.0. The van der Waals surface area contributed by atoms with Gasteiger partial charge in [-0.1, -0.05) is 41.4 Å². The molecule has 0 fully saturated rings. The highest BCUT2D eigenvalue weighted by atomic mass is 35.5. The third-order valence-electron chi connectivity index (χ3n) is 2.40. The standard InChI is InChI=1S/C14H12Cl2/c1-10-5-12(9-14(16)6-10)7-11-3-2-4-13(15)8-11/h2-6,8-9H,7H2,1H3. The van der Waals surface area contributed by atoms with Crippen LogP contribution in [0.5, 0.6) is 0 Å². The van der Waals surface area contributed by atoms with Crippen molar-refractivity contribution in [1.29, 1.82) is 0 Å². The van der Waals surface area contributed by atoms with Crippen molar-refractivity contribution in [2.45, 2.75) is 13.3 Å². The van der Waals surface area contributed by atoms with Crippen LogP contribution in [0.2, 0.25) is 10.0 Å². The Morgan fingerprint density at radius 1 is 0.875 bits per heavy atom. The van der Waals surface area contributed by atoms with Gasteiger partial charge in [0.15, 0.2) is 0 Å². The van der Waals surface area contributed by atoms with E-state index in [0.29, 0.717) is 0 Å². The van der Waals surface area contributed by atoms with Gasteiger partial charge in [0, 0.05) is 10.0 Å². The van der Waals surface area contributed by atoms with Gasteiger partial charge in [-0.25, -0.2) is 0 Å². The van der Waals surface area contributed by atoms with Gasteiger partial charge in [0.1, 0.15) is 0 Å². The molecule has 0 nitrogen and oxygen atoms in total. The molecule has 0 radical (unpaired) electrons. The Balaban J connectivity index is 2.27. The lowest BCUT2D eigenvalue weighted by Crippen LogP contribution is -1.89. The minimum atomic E-state index is 0.774. The van der Waals surface area contributed by atoms with Gasteiger partial charge in [-0.05, 0) is 54.3 Å². The molecule has 2 aromatic carbocycles. The van der Waals surface area contributed by atoms with Crippen molar-refractivity contribution in [1.82, 2.24) is 0 Å². The Bertz CT molecular complexity index is 484. The first-order valence-corrected chi connectivity index (χ1v) is 5.89. The molecule has 16 heavy (non-hydrogen) atoms. The molecule has 0 atom stereocenters. The van der Waals surface area contributed by atoms with E-state index in [-0.39, 0.29) is 0 Å². The maximum Gasteiger partial charge on any atom is 0.0411 e. The first kappa shape index (κ1) is 11.5. The average molecular weight is 251 g/mol. The fraction of sp³-hybridized carbons (Fsp3) is 0.143. The number of hydrogen-bond donors (Lipinski definition) is 0. The summed E-state index contributed by atoms with van der Waals surface area (Å²) in [6.45, 7) is 2.05. The summed E-state index contributed by atoms with van der Waals surface area (Å²) in [6, 6.07) is 14.0. The number of halogens is 2. The number of rotatable bonds is 2. The Morgan fingerprint density at radius 3 is 2.31 bits per heavy atom. The van der Waals surface area contributed by atoms with Crippen LogP contribution in [-0.2, 0) is 6.42 Å². The quantitative estimate of drug-likeness (QED) is 0.712. The van der Waals surface area contributed by atoms with Crippen LogP contribution >= 0.6 is 23.2 Å². The van der Waals surface area contributed by atoms with E-state index >= 15 is 0 Å². The SMILES string of the molecule is Cc1cc(Cl)cc(Cc2cccc(Cl)c2)c1. The van der Waals surface area contributed by atoms with Gasteiger partial charge >= 0.3 is 0 Å². The summed E-state index contributed by atoms with van der Waals surface area (Å²) < 4.78 is 0. The van der Waals surface area contributed by atoms with Gasteiger partial charge in [-0.3, -0.25) is 0 Å². The normalized spacial score (nSPS) is 10.4. The maximum atomic E-state index is 6.02. The van der Waals surface area contributed by atoms with Crippen molar-refractivity contribution >= 4 is 23.2 Å². The van der Waals surface area contributed by atoms with Crippen LogP contribution in [0.15, 0.2) is 42.5 Å². The van der Waals surface area contributed by atoms with Crippen LogP contribution in [0, 0.1) is 6.92 Å². The molecule has 0 N–H and O–H groups in total. The van der Waals surface area contributed by atoms with E-state index in [9.17, 15) is 0 Å². The molecular formula is C14H12Cl2. The van der Waals surface area contributed by atoms with Crippen LogP contribution < -0.4 is 0 Å². The molecule has 0 spiro atoms. The minimum Gasteiger partial charge on any atom is -0.0843 e. The molecule has 2 aromatic rings. The maximum absolute atomic E-state index is 6.02. The largest absolute Gasteiger partial charge is 0.0843 e. The summed E-state index contributed by atoms with van der Waals surface area (Å²) in [7, 11) is 0. The molecule has 0 bridgehead atoms. The summed E-state index contributed by atoms with van der Waals surface area (Å²) in [5, 5.41) is 1.56. The summed E-state index contributed by atoms with van der Waals surface area (Å²) in [4.78, 5) is 0. The molecule has 0 heterocycles. The molecule has 82 valence electrons. The zero-order valence-corrected chi connectivity index (χ0v) is 10.5. The van der Waals surface area contributed by atoms with E-state index in [4.69, 9.17) is 23.2 Å². The second-order valence-corrected chi connectivity index (χ2v) is 4.82. The van der Waals surface area contributed by atoms with Crippen molar-refractivity contribution < 1.29 is 0 Å². The Hall–Kier alpha value is -0.980. The van der Waals surface area contributed by atoms with Crippen LogP contribution in [-0.4, -0.2) is 0 Å². The molecule has 0 aromatic heterocycles. The van der Waals surface area contributed by atoms with E-state index < -0.39 is 0 Å². The Kier molecular flexibility index (Phi) is 3.52. The van der Waals surface area contributed by atoms with E-state index in [1.807, 2.05) is 37.3 Å². The molecule has 2 rings (SSSR count). The smallest absolute Gasteiger partial charge is 0.0411 e. The summed E-state index contributed by atoms with van der Waals surface area (Å²) in [5.41, 5.74) is 3.60. The van der Waals surface area contributed by atoms with Gasteiger partial charge in [0.25, 0.3) is 0 Å². The van der Waals surface area contributed by atoms with Crippen molar-refractivity contribution in [3.8, 4) is 0 Å². The third-order valence-corrected chi connectivity index (χ3v) is 2.85. The number of benzene rings is 2. The van der Waals surface area contributed by atoms with Crippen LogP contribution in [0.25, 0.3) is 0 Å². The second kappa shape index (κ2) is 4.90. The molecule has 0 saturated heterocycles. The Morgan fingerprint density at radius 2 is 1.62 bits per heavy atom. The van der Waals surface area contributed by atoms with E-state index in [0.717, 1.165) is 16.5 Å². The van der Waals surface area contributed by atoms with Crippen LogP contribution in [0.3, 0.4) is 0 Å². The number of hydrogen-bond acceptors (Lipinski definition) is 0. The molecule has 0 saturated carbocycles. The van der Waals surface area contributed by atoms with Gasteiger partial charge in [-0.15, -0.1) is 0 Å². The molecule has 2 heteroatoms. The van der Waals surface area contributed by atoms with Crippen molar-refractivity contribution in [2.24, 2.45) is 0 Å². The average Bonchev–Trinajstić information content (AvgIpc) is 2.15. The summed E-state index contributed by atoms with van der Waals surface area (Å²) >= 11 is 12.0. The summed E-state index contributed by atoms with van der Waals surface area (Å²) in [6.07, 6.45) is 0.863. The van der Waals surface area contributed by atoms with Gasteiger partial charge in [0.05, 0.1) is 0 Å². The Labute approximate surface area is 106 Å². The predicted octanol–water partition coefficient (Wildman–Crippen LogP) is 4.89. The van der Waals surface area contributed by atoms with Crippen LogP contribution in [0.1, 0.15) is 16.7 Å². The fourth-order valence-corrected chi connectivity index (χ4v) is 2.32. The first-order valence-electron chi connectivity index (χ1n) is 5.14. The van der Waals surface area contributed by atoms with Gasteiger partial charge < -0.3 is 0 Å². The molecule has 0 aliphatic heterocycles. The van der Waals surface area contributed by atoms with E-state index in [1.54, 1.807) is 0 Å². The second-order valence-electron chi connectivity index (χ2n) is 3.94.